The van der Waals surface area contributed by atoms with Gasteiger partial charge in [-0.3, -0.25) is 0 Å². The van der Waals surface area contributed by atoms with Gasteiger partial charge in [0.2, 0.25) is 5.95 Å². The Morgan fingerprint density at radius 3 is 2.90 bits per heavy atom. The zero-order valence-corrected chi connectivity index (χ0v) is 12.4. The second-order valence-electron chi connectivity index (χ2n) is 3.93. The molecule has 2 rings (SSSR count). The molecule has 0 fully saturated rings. The largest absolute Gasteiger partial charge is 0.383 e. The normalized spacial score (nSPS) is 10.3. The Morgan fingerprint density at radius 2 is 2.10 bits per heavy atom. The first kappa shape index (κ1) is 14.8. The predicted octanol–water partition coefficient (Wildman–Crippen LogP) is 3.59. The van der Waals surface area contributed by atoms with Crippen molar-refractivity contribution < 1.29 is 4.74 Å². The number of nitrogens with one attached hydrogen (secondary N) is 2. The summed E-state index contributed by atoms with van der Waals surface area (Å²) in [4.78, 5) is 8.46. The van der Waals surface area contributed by atoms with Gasteiger partial charge in [0.1, 0.15) is 5.82 Å². The molecule has 0 bridgehead atoms. The summed E-state index contributed by atoms with van der Waals surface area (Å²) < 4.78 is 4.96. The van der Waals surface area contributed by atoms with Gasteiger partial charge in [0.15, 0.2) is 0 Å². The number of anilines is 3. The molecule has 0 aliphatic heterocycles. The SMILES string of the molecule is COCCNc1ccnc(Nc2cc(Cl)ccc2Cl)n1. The third-order valence-corrected chi connectivity index (χ3v) is 3.01. The third-order valence-electron chi connectivity index (χ3n) is 2.44. The lowest BCUT2D eigenvalue weighted by molar-refractivity contribution is 0.210. The van der Waals surface area contributed by atoms with Gasteiger partial charge in [-0.05, 0) is 24.3 Å². The number of hydrogen-bond donors (Lipinski definition) is 2. The van der Waals surface area contributed by atoms with Crippen molar-refractivity contribution in [2.24, 2.45) is 0 Å². The lowest BCUT2D eigenvalue weighted by atomic mass is 10.3. The molecule has 0 spiro atoms. The molecule has 1 aromatic carbocycles. The van der Waals surface area contributed by atoms with E-state index in [-0.39, 0.29) is 0 Å². The molecule has 0 amide bonds. The smallest absolute Gasteiger partial charge is 0.229 e. The van der Waals surface area contributed by atoms with E-state index in [4.69, 9.17) is 27.9 Å². The van der Waals surface area contributed by atoms with E-state index in [0.29, 0.717) is 40.7 Å². The first-order valence-corrected chi connectivity index (χ1v) is 6.72. The molecule has 1 heterocycles. The van der Waals surface area contributed by atoms with Crippen LogP contribution in [0, 0.1) is 0 Å². The van der Waals surface area contributed by atoms with E-state index < -0.39 is 0 Å². The van der Waals surface area contributed by atoms with E-state index in [1.165, 1.54) is 0 Å². The Labute approximate surface area is 127 Å². The fraction of sp³-hybridized carbons (Fsp3) is 0.231. The lowest BCUT2D eigenvalue weighted by Crippen LogP contribution is -2.09. The molecule has 7 heteroatoms. The number of nitrogens with zero attached hydrogens (tertiary/aromatic N) is 2. The Bertz CT molecular complexity index is 580. The standard InChI is InChI=1S/C13H14Cl2N4O/c1-20-7-6-16-12-4-5-17-13(19-12)18-11-8-9(14)2-3-10(11)15/h2-5,8H,6-7H2,1H3,(H2,16,17,18,19). The Balaban J connectivity index is 2.09. The molecule has 2 aromatic rings. The Kier molecular flexibility index (Phi) is 5.40. The Hall–Kier alpha value is -1.56. The van der Waals surface area contributed by atoms with Crippen LogP contribution in [0.4, 0.5) is 17.5 Å². The van der Waals surface area contributed by atoms with Crippen molar-refractivity contribution in [2.45, 2.75) is 0 Å². The molecule has 0 aliphatic carbocycles. The first-order chi connectivity index (χ1) is 9.69. The van der Waals surface area contributed by atoms with Crippen molar-refractivity contribution in [3.63, 3.8) is 0 Å². The molecule has 20 heavy (non-hydrogen) atoms. The van der Waals surface area contributed by atoms with Crippen LogP contribution in [0.1, 0.15) is 0 Å². The van der Waals surface area contributed by atoms with Crippen LogP contribution in [0.3, 0.4) is 0 Å². The summed E-state index contributed by atoms with van der Waals surface area (Å²) >= 11 is 12.0. The summed E-state index contributed by atoms with van der Waals surface area (Å²) in [6, 6.07) is 6.93. The molecule has 0 saturated carbocycles. The highest BCUT2D eigenvalue weighted by Gasteiger charge is 2.04. The number of methoxy groups -OCH3 is 1. The molecule has 106 valence electrons. The van der Waals surface area contributed by atoms with E-state index in [0.717, 1.165) is 0 Å². The Morgan fingerprint density at radius 1 is 1.25 bits per heavy atom. The average molecular weight is 313 g/mol. The van der Waals surface area contributed by atoms with E-state index in [9.17, 15) is 0 Å². The van der Waals surface area contributed by atoms with Gasteiger partial charge < -0.3 is 15.4 Å². The fourth-order valence-corrected chi connectivity index (χ4v) is 1.85. The van der Waals surface area contributed by atoms with Crippen molar-refractivity contribution in [3.8, 4) is 0 Å². The van der Waals surface area contributed by atoms with Crippen LogP contribution in [0.5, 0.6) is 0 Å². The molecule has 0 aliphatic rings. The van der Waals surface area contributed by atoms with Crippen LogP contribution in [0.25, 0.3) is 0 Å². The van der Waals surface area contributed by atoms with Crippen LogP contribution >= 0.6 is 23.2 Å². The molecule has 1 aromatic heterocycles. The number of halogens is 2. The number of aromatic nitrogens is 2. The first-order valence-electron chi connectivity index (χ1n) is 5.97. The van der Waals surface area contributed by atoms with Crippen LogP contribution in [0.2, 0.25) is 10.0 Å². The maximum Gasteiger partial charge on any atom is 0.229 e. The maximum absolute atomic E-state index is 6.08. The minimum atomic E-state index is 0.441. The number of benzene rings is 1. The van der Waals surface area contributed by atoms with Gasteiger partial charge in [0, 0.05) is 24.9 Å². The van der Waals surface area contributed by atoms with Crippen molar-refractivity contribution in [2.75, 3.05) is 30.9 Å². The maximum atomic E-state index is 6.08. The molecule has 0 unspecified atom stereocenters. The number of ether oxygens (including phenoxy) is 1. The third kappa shape index (κ3) is 4.23. The van der Waals surface area contributed by atoms with Crippen molar-refractivity contribution >= 4 is 40.7 Å². The van der Waals surface area contributed by atoms with Crippen molar-refractivity contribution in [1.82, 2.24) is 9.97 Å². The number of rotatable bonds is 6. The van der Waals surface area contributed by atoms with E-state index in [1.807, 2.05) is 0 Å². The highest BCUT2D eigenvalue weighted by molar-refractivity contribution is 6.35. The van der Waals surface area contributed by atoms with Crippen molar-refractivity contribution in [3.05, 3.63) is 40.5 Å². The molecule has 0 saturated heterocycles. The van der Waals surface area contributed by atoms with Crippen LogP contribution in [-0.4, -0.2) is 30.2 Å². The summed E-state index contributed by atoms with van der Waals surface area (Å²) in [6.45, 7) is 1.28. The molecule has 2 N–H and O–H groups in total. The van der Waals surface area contributed by atoms with Crippen LogP contribution in [0.15, 0.2) is 30.5 Å². The minimum absolute atomic E-state index is 0.441. The molecular weight excluding hydrogens is 299 g/mol. The van der Waals surface area contributed by atoms with Gasteiger partial charge in [-0.25, -0.2) is 4.98 Å². The topological polar surface area (TPSA) is 59.1 Å². The van der Waals surface area contributed by atoms with E-state index >= 15 is 0 Å². The van der Waals surface area contributed by atoms with Gasteiger partial charge >= 0.3 is 0 Å². The second-order valence-corrected chi connectivity index (χ2v) is 4.78. The van der Waals surface area contributed by atoms with E-state index in [1.54, 1.807) is 37.6 Å². The zero-order valence-electron chi connectivity index (χ0n) is 10.9. The summed E-state index contributed by atoms with van der Waals surface area (Å²) in [5.74, 6) is 1.15. The summed E-state index contributed by atoms with van der Waals surface area (Å²) in [6.07, 6.45) is 1.66. The monoisotopic (exact) mass is 312 g/mol. The van der Waals surface area contributed by atoms with Gasteiger partial charge in [-0.1, -0.05) is 23.2 Å². The summed E-state index contributed by atoms with van der Waals surface area (Å²) in [5, 5.41) is 7.30. The van der Waals surface area contributed by atoms with Crippen LogP contribution < -0.4 is 10.6 Å². The molecule has 0 atom stereocenters. The van der Waals surface area contributed by atoms with Crippen LogP contribution in [-0.2, 0) is 4.74 Å². The highest BCUT2D eigenvalue weighted by Crippen LogP contribution is 2.27. The second kappa shape index (κ2) is 7.28. The average Bonchev–Trinajstić information content (AvgIpc) is 2.44. The minimum Gasteiger partial charge on any atom is -0.383 e. The van der Waals surface area contributed by atoms with Crippen molar-refractivity contribution in [1.29, 1.82) is 0 Å². The number of hydrogen-bond acceptors (Lipinski definition) is 5. The van der Waals surface area contributed by atoms with Gasteiger partial charge in [0.05, 0.1) is 17.3 Å². The highest BCUT2D eigenvalue weighted by atomic mass is 35.5. The zero-order chi connectivity index (χ0) is 14.4. The summed E-state index contributed by atoms with van der Waals surface area (Å²) in [7, 11) is 1.65. The van der Waals surface area contributed by atoms with Gasteiger partial charge in [-0.2, -0.15) is 4.98 Å². The lowest BCUT2D eigenvalue weighted by Gasteiger charge is -2.09. The van der Waals surface area contributed by atoms with E-state index in [2.05, 4.69) is 20.6 Å². The van der Waals surface area contributed by atoms with Gasteiger partial charge in [0.25, 0.3) is 0 Å². The predicted molar refractivity (Wildman–Crippen MR) is 82.1 cm³/mol. The molecular formula is C13H14Cl2N4O. The molecule has 5 nitrogen and oxygen atoms in total. The summed E-state index contributed by atoms with van der Waals surface area (Å²) in [5.41, 5.74) is 0.660. The van der Waals surface area contributed by atoms with Gasteiger partial charge in [-0.15, -0.1) is 0 Å². The fourth-order valence-electron chi connectivity index (χ4n) is 1.51. The molecule has 0 radical (unpaired) electrons. The quantitative estimate of drug-likeness (QED) is 0.798.